The molecule has 0 spiro atoms. The average molecular weight is 759 g/mol. The molecule has 3 aliphatic heterocycles. The van der Waals surface area contributed by atoms with E-state index >= 15 is 0 Å². The topological polar surface area (TPSA) is 126 Å². The van der Waals surface area contributed by atoms with Gasteiger partial charge >= 0.3 is 0 Å². The third-order valence-electron chi connectivity index (χ3n) is 13.6. The molecule has 2 saturated carbocycles. The van der Waals surface area contributed by atoms with Crippen molar-refractivity contribution < 1.29 is 42.3 Å². The highest BCUT2D eigenvalue weighted by Crippen LogP contribution is 2.65. The first-order valence-corrected chi connectivity index (χ1v) is 20.6. The highest BCUT2D eigenvalue weighted by Gasteiger charge is 2.69. The Balaban J connectivity index is 1.36. The predicted octanol–water partition coefficient (Wildman–Crippen LogP) is 7.56. The summed E-state index contributed by atoms with van der Waals surface area (Å²) in [6, 6.07) is -0.805. The molecule has 0 aromatic rings. The summed E-state index contributed by atoms with van der Waals surface area (Å²) >= 11 is 0. The van der Waals surface area contributed by atoms with Crippen LogP contribution in [0.2, 0.25) is 0 Å². The SMILES string of the molecule is CC1(C)CC(=O)N(C[C@@H](CC(=O)C[C@H]2CCCCCC(F)(F)CCC[C@@H](C(=O)C(=O)CC3CC3)CC(=O)[C@@H]3[C@@H]4[C@H](CN3C2=O)C4(C)C)C(C)(C)C)C(=O)C1. The van der Waals surface area contributed by atoms with Gasteiger partial charge in [-0.1, -0.05) is 61.3 Å². The number of rotatable bonds is 10. The van der Waals surface area contributed by atoms with Gasteiger partial charge in [-0.3, -0.25) is 38.5 Å². The largest absolute Gasteiger partial charge is 0.332 e. The van der Waals surface area contributed by atoms with Crippen LogP contribution in [0, 0.1) is 51.8 Å². The quantitative estimate of drug-likeness (QED) is 0.166. The number of ketones is 4. The lowest BCUT2D eigenvalue weighted by molar-refractivity contribution is -0.154. The highest BCUT2D eigenvalue weighted by atomic mass is 19.3. The summed E-state index contributed by atoms with van der Waals surface area (Å²) in [6.07, 6.45) is 2.81. The molecular weight excluding hydrogens is 694 g/mol. The summed E-state index contributed by atoms with van der Waals surface area (Å²) in [6.45, 7) is 14.3. The zero-order valence-corrected chi connectivity index (χ0v) is 33.8. The van der Waals surface area contributed by atoms with E-state index in [-0.39, 0.29) is 129 Å². The maximum atomic E-state index is 15.0. The Morgan fingerprint density at radius 2 is 1.46 bits per heavy atom. The molecule has 11 heteroatoms. The third kappa shape index (κ3) is 10.1. The van der Waals surface area contributed by atoms with E-state index in [1.165, 1.54) is 4.90 Å². The van der Waals surface area contributed by atoms with Crippen LogP contribution in [0.25, 0.3) is 0 Å². The van der Waals surface area contributed by atoms with Crippen molar-refractivity contribution in [1.29, 1.82) is 0 Å². The van der Waals surface area contributed by atoms with Crippen molar-refractivity contribution >= 4 is 40.9 Å². The van der Waals surface area contributed by atoms with Crippen LogP contribution in [-0.2, 0) is 33.6 Å². The second kappa shape index (κ2) is 16.0. The average Bonchev–Trinajstić information content (AvgIpc) is 3.89. The number of imide groups is 1. The summed E-state index contributed by atoms with van der Waals surface area (Å²) in [5.41, 5.74) is -1.07. The second-order valence-corrected chi connectivity index (χ2v) is 20.2. The molecule has 0 radical (unpaired) electrons. The van der Waals surface area contributed by atoms with Crippen molar-refractivity contribution in [2.45, 2.75) is 163 Å². The molecule has 5 fully saturated rings. The van der Waals surface area contributed by atoms with Crippen molar-refractivity contribution in [3.8, 4) is 0 Å². The molecule has 2 aliphatic carbocycles. The van der Waals surface area contributed by atoms with Crippen LogP contribution in [-0.4, -0.2) is 75.7 Å². The summed E-state index contributed by atoms with van der Waals surface area (Å²) in [4.78, 5) is 98.2. The smallest absolute Gasteiger partial charge is 0.248 e. The molecule has 54 heavy (non-hydrogen) atoms. The number of nitrogens with zero attached hydrogens (tertiary/aromatic N) is 2. The number of halogens is 2. The van der Waals surface area contributed by atoms with Gasteiger partial charge in [0.25, 0.3) is 0 Å². The maximum absolute atomic E-state index is 15.0. The van der Waals surface area contributed by atoms with Crippen molar-refractivity contribution in [3.05, 3.63) is 0 Å². The first-order valence-electron chi connectivity index (χ1n) is 20.6. The number of Topliss-reactive ketones (excluding diaryl/α,β-unsaturated/α-hetero) is 4. The van der Waals surface area contributed by atoms with Crippen molar-refractivity contribution in [2.75, 3.05) is 13.1 Å². The van der Waals surface area contributed by atoms with Gasteiger partial charge in [-0.2, -0.15) is 0 Å². The zero-order valence-electron chi connectivity index (χ0n) is 33.8. The molecule has 9 nitrogen and oxygen atoms in total. The number of likely N-dealkylation sites (tertiary alicyclic amines) is 1. The van der Waals surface area contributed by atoms with E-state index in [9.17, 15) is 42.3 Å². The molecule has 5 rings (SSSR count). The van der Waals surface area contributed by atoms with Crippen LogP contribution in [0.4, 0.5) is 8.78 Å². The lowest BCUT2D eigenvalue weighted by atomic mass is 9.75. The molecule has 0 unspecified atom stereocenters. The number of amides is 3. The van der Waals surface area contributed by atoms with E-state index < -0.39 is 52.6 Å². The number of alkyl halides is 2. The zero-order chi connectivity index (χ0) is 40.0. The van der Waals surface area contributed by atoms with Crippen molar-refractivity contribution in [2.24, 2.45) is 51.8 Å². The van der Waals surface area contributed by atoms with E-state index in [1.807, 2.05) is 34.6 Å². The Kier molecular flexibility index (Phi) is 12.5. The van der Waals surface area contributed by atoms with Crippen LogP contribution < -0.4 is 0 Å². The fourth-order valence-electron chi connectivity index (χ4n) is 9.63. The van der Waals surface area contributed by atoms with Gasteiger partial charge in [0, 0.05) is 76.3 Å². The van der Waals surface area contributed by atoms with Gasteiger partial charge in [-0.15, -0.1) is 0 Å². The van der Waals surface area contributed by atoms with Gasteiger partial charge in [-0.25, -0.2) is 8.78 Å². The second-order valence-electron chi connectivity index (χ2n) is 20.2. The third-order valence-corrected chi connectivity index (χ3v) is 13.6. The minimum Gasteiger partial charge on any atom is -0.332 e. The molecule has 302 valence electrons. The Bertz CT molecular complexity index is 1490. The molecule has 3 amide bonds. The highest BCUT2D eigenvalue weighted by molar-refractivity contribution is 6.38. The van der Waals surface area contributed by atoms with Crippen LogP contribution in [0.5, 0.6) is 0 Å². The van der Waals surface area contributed by atoms with Gasteiger partial charge in [0.1, 0.15) is 5.78 Å². The summed E-state index contributed by atoms with van der Waals surface area (Å²) in [5.74, 6) is -7.44. The van der Waals surface area contributed by atoms with Gasteiger partial charge in [0.05, 0.1) is 6.04 Å². The first-order chi connectivity index (χ1) is 25.0. The predicted molar refractivity (Wildman–Crippen MR) is 199 cm³/mol. The van der Waals surface area contributed by atoms with Crippen LogP contribution in [0.3, 0.4) is 0 Å². The summed E-state index contributed by atoms with van der Waals surface area (Å²) in [7, 11) is 0. The number of fused-ring (bicyclic) bond motifs is 3. The van der Waals surface area contributed by atoms with E-state index in [4.69, 9.17) is 0 Å². The van der Waals surface area contributed by atoms with Crippen LogP contribution >= 0.6 is 0 Å². The minimum atomic E-state index is -2.96. The molecule has 3 heterocycles. The van der Waals surface area contributed by atoms with Crippen LogP contribution in [0.1, 0.15) is 151 Å². The molecule has 3 saturated heterocycles. The summed E-state index contributed by atoms with van der Waals surface area (Å²) in [5, 5.41) is 0. The Morgan fingerprint density at radius 3 is 2.07 bits per heavy atom. The fourth-order valence-corrected chi connectivity index (χ4v) is 9.63. The number of hydrogen-bond acceptors (Lipinski definition) is 7. The maximum Gasteiger partial charge on any atom is 0.248 e. The minimum absolute atomic E-state index is 0.0210. The number of hydrogen-bond donors (Lipinski definition) is 0. The molecule has 5 aliphatic rings. The van der Waals surface area contributed by atoms with E-state index in [2.05, 4.69) is 13.8 Å². The molecule has 0 bridgehead atoms. The Morgan fingerprint density at radius 1 is 0.833 bits per heavy atom. The molecule has 0 aromatic heterocycles. The lowest BCUT2D eigenvalue weighted by Gasteiger charge is -2.39. The normalized spacial score (nSPS) is 31.1. The van der Waals surface area contributed by atoms with E-state index in [1.54, 1.807) is 4.90 Å². The Labute approximate surface area is 320 Å². The van der Waals surface area contributed by atoms with Gasteiger partial charge in [0.15, 0.2) is 11.6 Å². The fraction of sp³-hybridized carbons (Fsp3) is 0.837. The molecule has 0 N–H and O–H groups in total. The van der Waals surface area contributed by atoms with E-state index in [0.29, 0.717) is 25.8 Å². The molecule has 6 atom stereocenters. The van der Waals surface area contributed by atoms with E-state index in [0.717, 1.165) is 12.8 Å². The number of carbonyl (C=O) groups is 7. The van der Waals surface area contributed by atoms with Gasteiger partial charge < -0.3 is 4.90 Å². The monoisotopic (exact) mass is 758 g/mol. The van der Waals surface area contributed by atoms with Crippen molar-refractivity contribution in [3.63, 3.8) is 0 Å². The van der Waals surface area contributed by atoms with Gasteiger partial charge in [0.2, 0.25) is 29.4 Å². The van der Waals surface area contributed by atoms with Gasteiger partial charge in [-0.05, 0) is 78.4 Å². The van der Waals surface area contributed by atoms with Crippen LogP contribution in [0.15, 0.2) is 0 Å². The Hall–Kier alpha value is -2.85. The first kappa shape index (κ1) is 42.3. The number of piperidine rings is 2. The standard InChI is InChI=1S/C43H64F2N2O7/c1-40(2,3)29(24-46-34(51)22-41(4,5)23-35(46)52)21-30(48)19-28-12-9-8-10-16-43(44,45)17-11-13-27(38(53)33(50)18-26-14-15-26)20-32(49)37-36-31(42(36,6)7)25-47(37)39(28)54/h26-29,31,36-37H,8-25H2,1-7H3/t27-,28-,29-,31+,36+,37-/m1/s1. The lowest BCUT2D eigenvalue weighted by Crippen LogP contribution is -2.50. The summed E-state index contributed by atoms with van der Waals surface area (Å²) < 4.78 is 30.0. The molecule has 0 aromatic carbocycles. The molecular formula is C43H64F2N2O7. The van der Waals surface area contributed by atoms with Crippen molar-refractivity contribution in [1.82, 2.24) is 9.80 Å². The number of carbonyl (C=O) groups excluding carboxylic acids is 7.